The second-order valence-corrected chi connectivity index (χ2v) is 5.92. The van der Waals surface area contributed by atoms with Crippen molar-refractivity contribution in [2.24, 2.45) is 5.92 Å². The fraction of sp³-hybridized carbons (Fsp3) is 0.600. The molecule has 19 heavy (non-hydrogen) atoms. The Kier molecular flexibility index (Phi) is 3.48. The number of alkyl halides is 1. The summed E-state index contributed by atoms with van der Waals surface area (Å²) in [5.74, 6) is 2.53. The van der Waals surface area contributed by atoms with E-state index in [4.69, 9.17) is 16.6 Å². The zero-order chi connectivity index (χ0) is 13.4. The Morgan fingerprint density at radius 2 is 2.32 bits per heavy atom. The number of fused-ring (bicyclic) bond motifs is 1. The van der Waals surface area contributed by atoms with E-state index in [1.165, 1.54) is 19.3 Å². The predicted octanol–water partition coefficient (Wildman–Crippen LogP) is 3.88. The molecule has 4 heteroatoms. The molecule has 0 spiro atoms. The van der Waals surface area contributed by atoms with Crippen LogP contribution in [-0.4, -0.2) is 20.4 Å². The summed E-state index contributed by atoms with van der Waals surface area (Å²) in [6.07, 6.45) is 6.58. The van der Waals surface area contributed by atoms with Crippen molar-refractivity contribution in [2.75, 3.05) is 5.88 Å². The fourth-order valence-electron chi connectivity index (χ4n) is 2.97. The molecule has 0 amide bonds. The monoisotopic (exact) mass is 277 g/mol. The zero-order valence-corrected chi connectivity index (χ0v) is 12.3. The van der Waals surface area contributed by atoms with Crippen molar-refractivity contribution < 1.29 is 0 Å². The van der Waals surface area contributed by atoms with Gasteiger partial charge in [0.2, 0.25) is 0 Å². The first-order valence-corrected chi connectivity index (χ1v) is 7.67. The summed E-state index contributed by atoms with van der Waals surface area (Å²) in [6.45, 7) is 4.31. The average molecular weight is 278 g/mol. The topological polar surface area (TPSA) is 30.7 Å². The van der Waals surface area contributed by atoms with Gasteiger partial charge in [-0.15, -0.1) is 11.6 Å². The highest BCUT2D eigenvalue weighted by Gasteiger charge is 2.40. The summed E-state index contributed by atoms with van der Waals surface area (Å²) < 4.78 is 2.34. The number of nitrogens with zero attached hydrogens (tertiary/aromatic N) is 3. The molecule has 2 heterocycles. The van der Waals surface area contributed by atoms with E-state index in [0.29, 0.717) is 11.9 Å². The Balaban J connectivity index is 2.02. The Morgan fingerprint density at radius 1 is 1.47 bits per heavy atom. The summed E-state index contributed by atoms with van der Waals surface area (Å²) in [7, 11) is 0. The molecule has 1 fully saturated rings. The number of halogens is 1. The number of pyridine rings is 1. The number of hydrogen-bond donors (Lipinski definition) is 0. The first-order chi connectivity index (χ1) is 9.24. The quantitative estimate of drug-likeness (QED) is 0.777. The number of aromatic nitrogens is 3. The lowest BCUT2D eigenvalue weighted by molar-refractivity contribution is 0.598. The molecule has 0 bridgehead atoms. The van der Waals surface area contributed by atoms with Crippen LogP contribution in [0.2, 0.25) is 0 Å². The molecule has 2 atom stereocenters. The van der Waals surface area contributed by atoms with Gasteiger partial charge in [-0.25, -0.2) is 9.97 Å². The lowest BCUT2D eigenvalue weighted by Gasteiger charge is -2.07. The van der Waals surface area contributed by atoms with Crippen molar-refractivity contribution in [3.8, 4) is 0 Å². The third-order valence-corrected chi connectivity index (χ3v) is 4.12. The maximum atomic E-state index is 5.92. The van der Waals surface area contributed by atoms with E-state index in [0.717, 1.165) is 34.9 Å². The SMILES string of the molecule is CCCC1CC1n1c(CCCl)nc2cc(C)cnc21. The molecule has 0 saturated heterocycles. The maximum Gasteiger partial charge on any atom is 0.160 e. The molecule has 1 saturated carbocycles. The van der Waals surface area contributed by atoms with Crippen LogP contribution < -0.4 is 0 Å². The van der Waals surface area contributed by atoms with E-state index in [1.807, 2.05) is 6.20 Å². The summed E-state index contributed by atoms with van der Waals surface area (Å²) in [6, 6.07) is 2.71. The summed E-state index contributed by atoms with van der Waals surface area (Å²) in [4.78, 5) is 9.33. The maximum absolute atomic E-state index is 5.92. The van der Waals surface area contributed by atoms with Gasteiger partial charge in [-0.05, 0) is 37.3 Å². The predicted molar refractivity (Wildman–Crippen MR) is 78.7 cm³/mol. The van der Waals surface area contributed by atoms with Crippen molar-refractivity contribution in [3.63, 3.8) is 0 Å². The van der Waals surface area contributed by atoms with Gasteiger partial charge in [0.15, 0.2) is 5.65 Å². The molecule has 1 aliphatic rings. The lowest BCUT2D eigenvalue weighted by atomic mass is 10.2. The van der Waals surface area contributed by atoms with E-state index < -0.39 is 0 Å². The number of rotatable bonds is 5. The minimum Gasteiger partial charge on any atom is -0.309 e. The van der Waals surface area contributed by atoms with Crippen molar-refractivity contribution in [2.45, 2.75) is 45.6 Å². The third kappa shape index (κ3) is 2.36. The van der Waals surface area contributed by atoms with E-state index in [2.05, 4.69) is 29.5 Å². The Morgan fingerprint density at radius 3 is 3.05 bits per heavy atom. The molecular formula is C15H20ClN3. The molecular weight excluding hydrogens is 258 g/mol. The molecule has 102 valence electrons. The minimum absolute atomic E-state index is 0.596. The standard InChI is InChI=1S/C15H20ClN3/c1-3-4-11-8-13(11)19-14(5-6-16)18-12-7-10(2)9-17-15(12)19/h7,9,11,13H,3-6,8H2,1-2H3. The Hall–Kier alpha value is -1.09. The molecule has 2 aromatic heterocycles. The van der Waals surface area contributed by atoms with Gasteiger partial charge in [0.25, 0.3) is 0 Å². The molecule has 3 rings (SSSR count). The van der Waals surface area contributed by atoms with E-state index in [1.54, 1.807) is 0 Å². The highest BCUT2D eigenvalue weighted by Crippen LogP contribution is 2.48. The van der Waals surface area contributed by atoms with Crippen LogP contribution in [0.3, 0.4) is 0 Å². The molecule has 1 aliphatic carbocycles. The third-order valence-electron chi connectivity index (χ3n) is 3.93. The van der Waals surface area contributed by atoms with Crippen LogP contribution in [0, 0.1) is 12.8 Å². The highest BCUT2D eigenvalue weighted by molar-refractivity contribution is 6.17. The zero-order valence-electron chi connectivity index (χ0n) is 11.6. The van der Waals surface area contributed by atoms with Gasteiger partial charge in [-0.1, -0.05) is 13.3 Å². The smallest absolute Gasteiger partial charge is 0.160 e. The first-order valence-electron chi connectivity index (χ1n) is 7.14. The molecule has 0 aromatic carbocycles. The van der Waals surface area contributed by atoms with Crippen LogP contribution in [0.25, 0.3) is 11.2 Å². The largest absolute Gasteiger partial charge is 0.309 e. The minimum atomic E-state index is 0.596. The van der Waals surface area contributed by atoms with Gasteiger partial charge in [0.05, 0.1) is 0 Å². The molecule has 0 aliphatic heterocycles. The van der Waals surface area contributed by atoms with Gasteiger partial charge in [-0.3, -0.25) is 0 Å². The van der Waals surface area contributed by atoms with Gasteiger partial charge in [0.1, 0.15) is 11.3 Å². The van der Waals surface area contributed by atoms with Crippen molar-refractivity contribution in [1.29, 1.82) is 0 Å². The van der Waals surface area contributed by atoms with Crippen LogP contribution in [0.1, 0.15) is 43.6 Å². The van der Waals surface area contributed by atoms with Gasteiger partial charge in [-0.2, -0.15) is 0 Å². The van der Waals surface area contributed by atoms with Crippen molar-refractivity contribution >= 4 is 22.8 Å². The van der Waals surface area contributed by atoms with Crippen LogP contribution in [0.4, 0.5) is 0 Å². The number of aryl methyl sites for hydroxylation is 2. The summed E-state index contributed by atoms with van der Waals surface area (Å²) >= 11 is 5.92. The van der Waals surface area contributed by atoms with E-state index >= 15 is 0 Å². The van der Waals surface area contributed by atoms with E-state index in [9.17, 15) is 0 Å². The van der Waals surface area contributed by atoms with Crippen LogP contribution >= 0.6 is 11.6 Å². The summed E-state index contributed by atoms with van der Waals surface area (Å²) in [5, 5.41) is 0. The Bertz CT molecular complexity index is 590. The van der Waals surface area contributed by atoms with Gasteiger partial charge < -0.3 is 4.57 Å². The molecule has 2 aromatic rings. The average Bonchev–Trinajstić information content (AvgIpc) is 3.03. The number of hydrogen-bond acceptors (Lipinski definition) is 2. The second kappa shape index (κ2) is 5.12. The van der Waals surface area contributed by atoms with Gasteiger partial charge in [0, 0.05) is 24.5 Å². The molecule has 0 N–H and O–H groups in total. The van der Waals surface area contributed by atoms with E-state index in [-0.39, 0.29) is 0 Å². The highest BCUT2D eigenvalue weighted by atomic mass is 35.5. The van der Waals surface area contributed by atoms with Crippen molar-refractivity contribution in [3.05, 3.63) is 23.7 Å². The lowest BCUT2D eigenvalue weighted by Crippen LogP contribution is -2.05. The molecule has 0 radical (unpaired) electrons. The van der Waals surface area contributed by atoms with Crippen LogP contribution in [0.15, 0.2) is 12.3 Å². The van der Waals surface area contributed by atoms with Gasteiger partial charge >= 0.3 is 0 Å². The molecule has 3 nitrogen and oxygen atoms in total. The van der Waals surface area contributed by atoms with Crippen molar-refractivity contribution in [1.82, 2.24) is 14.5 Å². The number of imidazole rings is 1. The summed E-state index contributed by atoms with van der Waals surface area (Å²) in [5.41, 5.74) is 3.21. The van der Waals surface area contributed by atoms with Crippen LogP contribution in [0.5, 0.6) is 0 Å². The molecule has 2 unspecified atom stereocenters. The second-order valence-electron chi connectivity index (χ2n) is 5.54. The first kappa shape index (κ1) is 12.9. The van der Waals surface area contributed by atoms with Crippen LogP contribution in [-0.2, 0) is 6.42 Å². The normalized spacial score (nSPS) is 22.1. The fourth-order valence-corrected chi connectivity index (χ4v) is 3.14. The Labute approximate surface area is 119 Å².